The van der Waals surface area contributed by atoms with Gasteiger partial charge in [0.05, 0.1) is 29.5 Å². The topological polar surface area (TPSA) is 129 Å². The Morgan fingerprint density at radius 2 is 1.90 bits per heavy atom. The largest absolute Gasteiger partial charge is 0.493 e. The lowest BCUT2D eigenvalue weighted by Gasteiger charge is -2.11. The molecule has 0 saturated carbocycles. The van der Waals surface area contributed by atoms with E-state index in [-0.39, 0.29) is 12.4 Å². The van der Waals surface area contributed by atoms with Crippen LogP contribution in [0.2, 0.25) is 0 Å². The first-order valence-electron chi connectivity index (χ1n) is 8.55. The highest BCUT2D eigenvalue weighted by Crippen LogP contribution is 2.35. The van der Waals surface area contributed by atoms with Crippen LogP contribution in [0.25, 0.3) is 10.9 Å². The molecule has 29 heavy (non-hydrogen) atoms. The second-order valence-corrected chi connectivity index (χ2v) is 8.44. The van der Waals surface area contributed by atoms with Gasteiger partial charge in [0.2, 0.25) is 0 Å². The number of aromatic nitrogens is 2. The summed E-state index contributed by atoms with van der Waals surface area (Å²) in [6, 6.07) is 9.76. The lowest BCUT2D eigenvalue weighted by atomic mass is 10.2. The van der Waals surface area contributed by atoms with Gasteiger partial charge in [0.25, 0.3) is 0 Å². The normalized spacial score (nSPS) is 12.8. The Morgan fingerprint density at radius 1 is 1.17 bits per heavy atom. The number of nitrogens with one attached hydrogen (secondary N) is 1. The summed E-state index contributed by atoms with van der Waals surface area (Å²) in [5, 5.41) is 3.10. The van der Waals surface area contributed by atoms with Gasteiger partial charge in [-0.15, -0.1) is 0 Å². The Kier molecular flexibility index (Phi) is 5.83. The number of amides is 2. The van der Waals surface area contributed by atoms with Crippen molar-refractivity contribution in [2.24, 2.45) is 10.1 Å². The van der Waals surface area contributed by atoms with E-state index in [1.165, 1.54) is 26.8 Å². The average Bonchev–Trinajstić information content (AvgIpc) is 2.71. The molecule has 9 nitrogen and oxygen atoms in total. The zero-order valence-corrected chi connectivity index (χ0v) is 17.0. The molecule has 1 aromatic heterocycles. The van der Waals surface area contributed by atoms with Crippen molar-refractivity contribution < 1.29 is 18.5 Å². The smallest absolute Gasteiger partial charge is 0.312 e. The third-order valence-electron chi connectivity index (χ3n) is 4.18. The standard InChI is InChI=1S/C19H21N5O4S/c1-27-16-8-14-15(9-17(16)28-2)22-11-23-18(14)24-29(3,26)13-6-4-5-12(7-13)10-21-19(20)25/h4-9,11H,10H2,1-3H3,(H3,20,21,25). The molecule has 0 aliphatic carbocycles. The van der Waals surface area contributed by atoms with Crippen LogP contribution >= 0.6 is 0 Å². The van der Waals surface area contributed by atoms with E-state index in [4.69, 9.17) is 15.2 Å². The fraction of sp³-hybridized carbons (Fsp3) is 0.211. The minimum atomic E-state index is -2.83. The van der Waals surface area contributed by atoms with Crippen LogP contribution < -0.4 is 20.5 Å². The molecule has 3 rings (SSSR count). The zero-order chi connectivity index (χ0) is 21.0. The number of rotatable bonds is 6. The van der Waals surface area contributed by atoms with E-state index in [0.717, 1.165) is 5.56 Å². The van der Waals surface area contributed by atoms with Gasteiger partial charge in [-0.3, -0.25) is 0 Å². The van der Waals surface area contributed by atoms with Gasteiger partial charge in [-0.05, 0) is 23.8 Å². The minimum absolute atomic E-state index is 0.228. The number of nitrogens with zero attached hydrogens (tertiary/aromatic N) is 3. The molecule has 2 aromatic carbocycles. The van der Waals surface area contributed by atoms with E-state index >= 15 is 0 Å². The number of fused-ring (bicyclic) bond motifs is 1. The maximum absolute atomic E-state index is 13.4. The number of nitrogens with two attached hydrogens (primary N) is 1. The molecule has 0 bridgehead atoms. The van der Waals surface area contributed by atoms with Crippen LogP contribution in [0, 0.1) is 0 Å². The molecule has 1 heterocycles. The second kappa shape index (κ2) is 8.31. The van der Waals surface area contributed by atoms with Gasteiger partial charge in [0, 0.05) is 29.1 Å². The summed E-state index contributed by atoms with van der Waals surface area (Å²) >= 11 is 0. The molecule has 0 saturated heterocycles. The van der Waals surface area contributed by atoms with Crippen molar-refractivity contribution in [2.75, 3.05) is 20.5 Å². The zero-order valence-electron chi connectivity index (χ0n) is 16.2. The quantitative estimate of drug-likeness (QED) is 0.637. The molecule has 0 aliphatic heterocycles. The monoisotopic (exact) mass is 415 g/mol. The van der Waals surface area contributed by atoms with Crippen molar-refractivity contribution in [3.05, 3.63) is 48.3 Å². The van der Waals surface area contributed by atoms with Crippen molar-refractivity contribution in [1.29, 1.82) is 0 Å². The predicted octanol–water partition coefficient (Wildman–Crippen LogP) is 2.60. The Bertz CT molecular complexity index is 1190. The lowest BCUT2D eigenvalue weighted by Crippen LogP contribution is -2.28. The Hall–Kier alpha value is -3.40. The minimum Gasteiger partial charge on any atom is -0.493 e. The van der Waals surface area contributed by atoms with Crippen molar-refractivity contribution >= 4 is 32.5 Å². The highest BCUT2D eigenvalue weighted by Gasteiger charge is 2.13. The Balaban J connectivity index is 2.09. The van der Waals surface area contributed by atoms with Gasteiger partial charge in [-0.2, -0.15) is 4.36 Å². The fourth-order valence-corrected chi connectivity index (χ4v) is 4.02. The second-order valence-electron chi connectivity index (χ2n) is 6.18. The first-order chi connectivity index (χ1) is 13.8. The van der Waals surface area contributed by atoms with Crippen LogP contribution in [0.4, 0.5) is 10.6 Å². The van der Waals surface area contributed by atoms with E-state index in [2.05, 4.69) is 19.6 Å². The molecule has 0 spiro atoms. The summed E-state index contributed by atoms with van der Waals surface area (Å²) in [4.78, 5) is 19.9. The molecule has 1 atom stereocenters. The predicted molar refractivity (Wildman–Crippen MR) is 110 cm³/mol. The van der Waals surface area contributed by atoms with Gasteiger partial charge in [0.15, 0.2) is 17.3 Å². The van der Waals surface area contributed by atoms with Crippen molar-refractivity contribution in [3.8, 4) is 11.5 Å². The third-order valence-corrected chi connectivity index (χ3v) is 5.83. The molecule has 152 valence electrons. The van der Waals surface area contributed by atoms with Crippen LogP contribution in [0.1, 0.15) is 5.56 Å². The molecule has 0 aliphatic rings. The first-order valence-corrected chi connectivity index (χ1v) is 10.5. The molecule has 0 fully saturated rings. The van der Waals surface area contributed by atoms with Crippen LogP contribution in [0.15, 0.2) is 52.0 Å². The van der Waals surface area contributed by atoms with Crippen LogP contribution in [-0.4, -0.2) is 40.7 Å². The van der Waals surface area contributed by atoms with Crippen molar-refractivity contribution in [1.82, 2.24) is 15.3 Å². The molecule has 10 heteroatoms. The summed E-state index contributed by atoms with van der Waals surface area (Å²) in [5.74, 6) is 1.30. The van der Waals surface area contributed by atoms with Crippen LogP contribution in [-0.2, 0) is 16.3 Å². The van der Waals surface area contributed by atoms with E-state index in [0.29, 0.717) is 27.3 Å². The Labute approximate surface area is 168 Å². The highest BCUT2D eigenvalue weighted by atomic mass is 32.2. The number of methoxy groups -OCH3 is 2. The van der Waals surface area contributed by atoms with Gasteiger partial charge >= 0.3 is 6.03 Å². The first kappa shape index (κ1) is 20.3. The Morgan fingerprint density at radius 3 is 2.59 bits per heavy atom. The van der Waals surface area contributed by atoms with E-state index in [9.17, 15) is 9.00 Å². The number of primary amides is 1. The number of carbonyl (C=O) groups excluding carboxylic acids is 1. The van der Waals surface area contributed by atoms with Crippen LogP contribution in [0.5, 0.6) is 11.5 Å². The molecule has 1 unspecified atom stereocenters. The summed E-state index contributed by atoms with van der Waals surface area (Å²) in [5.41, 5.74) is 6.45. The number of hydrogen-bond acceptors (Lipinski definition) is 7. The van der Waals surface area contributed by atoms with Crippen molar-refractivity contribution in [2.45, 2.75) is 11.4 Å². The molecule has 2 amide bonds. The SMILES string of the molecule is COc1cc2ncnc(N=S(C)(=O)c3cccc(CNC(N)=O)c3)c2cc1OC. The summed E-state index contributed by atoms with van der Waals surface area (Å²) in [7, 11) is 0.231. The number of carbonyl (C=O) groups is 1. The van der Waals surface area contributed by atoms with E-state index in [1.807, 2.05) is 0 Å². The summed E-state index contributed by atoms with van der Waals surface area (Å²) in [6.07, 6.45) is 2.89. The molecular weight excluding hydrogens is 394 g/mol. The number of hydrogen-bond donors (Lipinski definition) is 2. The maximum atomic E-state index is 13.4. The third kappa shape index (κ3) is 4.54. The number of ether oxygens (including phenoxy) is 2. The van der Waals surface area contributed by atoms with Crippen LogP contribution in [0.3, 0.4) is 0 Å². The van der Waals surface area contributed by atoms with Gasteiger partial charge < -0.3 is 20.5 Å². The molecule has 3 aromatic rings. The van der Waals surface area contributed by atoms with Crippen molar-refractivity contribution in [3.63, 3.8) is 0 Å². The number of urea groups is 1. The summed E-state index contributed by atoms with van der Waals surface area (Å²) < 4.78 is 28.4. The molecular formula is C19H21N5O4S. The van der Waals surface area contributed by atoms with Gasteiger partial charge in [-0.1, -0.05) is 12.1 Å². The highest BCUT2D eigenvalue weighted by molar-refractivity contribution is 7.93. The lowest BCUT2D eigenvalue weighted by molar-refractivity contribution is 0.248. The van der Waals surface area contributed by atoms with Gasteiger partial charge in [0.1, 0.15) is 6.33 Å². The van der Waals surface area contributed by atoms with E-state index in [1.54, 1.807) is 36.4 Å². The maximum Gasteiger partial charge on any atom is 0.312 e. The average molecular weight is 415 g/mol. The van der Waals surface area contributed by atoms with E-state index < -0.39 is 15.8 Å². The fourth-order valence-electron chi connectivity index (χ4n) is 2.74. The molecule has 0 radical (unpaired) electrons. The van der Waals surface area contributed by atoms with Gasteiger partial charge in [-0.25, -0.2) is 19.0 Å². The summed E-state index contributed by atoms with van der Waals surface area (Å²) in [6.45, 7) is 0.228. The molecule has 3 N–H and O–H groups in total. The number of benzene rings is 2.